The molecule has 0 fully saturated rings. The number of hydrogen-bond acceptors (Lipinski definition) is 12. The van der Waals surface area contributed by atoms with Crippen LogP contribution in [0.2, 0.25) is 0 Å². The molecular weight excluding hydrogens is 566 g/mol. The SMILES string of the molecule is O.O.[Al+3].[Al+3].[O]=[Mo](=[O])([O-])[O-].[O]=[Mo](=[O])([O-])[O-].[O]=[Mo](=[O])([O-])[O-]. The van der Waals surface area contributed by atoms with E-state index in [1.54, 1.807) is 0 Å². The van der Waals surface area contributed by atoms with E-state index in [2.05, 4.69) is 0 Å². The molecule has 19 heavy (non-hydrogen) atoms. The second-order valence-corrected chi connectivity index (χ2v) is 7.25. The number of rotatable bonds is 0. The van der Waals surface area contributed by atoms with Crippen LogP contribution in [-0.2, 0) is 70.6 Å². The summed E-state index contributed by atoms with van der Waals surface area (Å²) in [6.45, 7) is 0. The maximum absolute atomic E-state index is 8.63. The fourth-order valence-corrected chi connectivity index (χ4v) is 0. The molecule has 0 aliphatic heterocycles. The first kappa shape index (κ1) is 42.8. The Bertz CT molecular complexity index is 342. The van der Waals surface area contributed by atoms with Crippen LogP contribution in [0.15, 0.2) is 0 Å². The molecule has 0 aliphatic carbocycles. The zero-order valence-corrected chi connectivity index (χ0v) is 16.6. The van der Waals surface area contributed by atoms with Gasteiger partial charge >= 0.3 is 128 Å². The van der Waals surface area contributed by atoms with Crippen LogP contribution < -0.4 is 22.6 Å². The summed E-state index contributed by atoms with van der Waals surface area (Å²) < 4.78 is 104. The third-order valence-electron chi connectivity index (χ3n) is 0. The average Bonchev–Trinajstić information content (AvgIpc) is 1.41. The summed E-state index contributed by atoms with van der Waals surface area (Å²) in [5.41, 5.74) is 0. The van der Waals surface area contributed by atoms with Gasteiger partial charge in [-0.25, -0.2) is 0 Å². The van der Waals surface area contributed by atoms with E-state index >= 15 is 0 Å². The van der Waals surface area contributed by atoms with E-state index in [1.807, 2.05) is 0 Å². The fourth-order valence-electron chi connectivity index (χ4n) is 0. The van der Waals surface area contributed by atoms with Crippen molar-refractivity contribution in [1.82, 2.24) is 0 Å². The molecule has 0 unspecified atom stereocenters. The van der Waals surface area contributed by atoms with Gasteiger partial charge in [0.05, 0.1) is 0 Å². The van der Waals surface area contributed by atoms with E-state index < -0.39 is 50.2 Å². The van der Waals surface area contributed by atoms with Crippen molar-refractivity contribution in [2.24, 2.45) is 0 Å². The van der Waals surface area contributed by atoms with Crippen molar-refractivity contribution in [3.05, 3.63) is 0 Å². The molecule has 14 nitrogen and oxygen atoms in total. The molecule has 0 heterocycles. The van der Waals surface area contributed by atoms with Gasteiger partial charge in [0.1, 0.15) is 0 Å². The van der Waals surface area contributed by atoms with Crippen molar-refractivity contribution in [2.75, 3.05) is 0 Å². The Morgan fingerprint density at radius 3 is 0.421 bits per heavy atom. The minimum absolute atomic E-state index is 0. The molecule has 0 saturated carbocycles. The minimum atomic E-state index is -6.02. The normalized spacial score (nSPS) is 9.16. The maximum atomic E-state index is 8.63. The topological polar surface area (TPSA) is 304 Å². The zero-order chi connectivity index (χ0) is 13.5. The second kappa shape index (κ2) is 17.7. The van der Waals surface area contributed by atoms with Gasteiger partial charge in [-0.05, 0) is 0 Å². The van der Waals surface area contributed by atoms with Crippen molar-refractivity contribution in [3.63, 3.8) is 0 Å². The molecule has 0 spiro atoms. The molecule has 0 aromatic carbocycles. The molecule has 0 amide bonds. The Labute approximate surface area is 137 Å². The zero-order valence-electron chi connectivity index (χ0n) is 8.28. The summed E-state index contributed by atoms with van der Waals surface area (Å²) in [4.78, 5) is 0. The van der Waals surface area contributed by atoms with Gasteiger partial charge < -0.3 is 11.0 Å². The average molecular weight is 570 g/mol. The first-order valence-electron chi connectivity index (χ1n) is 2.00. The summed E-state index contributed by atoms with van der Waals surface area (Å²) in [6.07, 6.45) is 0. The van der Waals surface area contributed by atoms with E-state index in [0.717, 1.165) is 0 Å². The van der Waals surface area contributed by atoms with Crippen molar-refractivity contribution in [1.29, 1.82) is 0 Å². The van der Waals surface area contributed by atoms with Crippen LogP contribution in [0.25, 0.3) is 0 Å². The van der Waals surface area contributed by atoms with Gasteiger partial charge in [-0.1, -0.05) is 0 Å². The van der Waals surface area contributed by atoms with Crippen LogP contribution in [0.3, 0.4) is 0 Å². The van der Waals surface area contributed by atoms with Crippen LogP contribution >= 0.6 is 0 Å². The summed E-state index contributed by atoms with van der Waals surface area (Å²) >= 11 is -18.1. The monoisotopic (exact) mass is 576 g/mol. The Morgan fingerprint density at radius 2 is 0.421 bits per heavy atom. The van der Waals surface area contributed by atoms with Crippen molar-refractivity contribution < 1.29 is 104 Å². The van der Waals surface area contributed by atoms with Gasteiger partial charge in [-0.15, -0.1) is 0 Å². The first-order valence-corrected chi connectivity index (χ1v) is 11.8. The molecular formula is H4Al2Mo3O14. The summed E-state index contributed by atoms with van der Waals surface area (Å²) in [5.74, 6) is 0. The predicted molar refractivity (Wildman–Crippen MR) is 22.9 cm³/mol. The van der Waals surface area contributed by atoms with Gasteiger partial charge in [-0.3, -0.25) is 0 Å². The van der Waals surface area contributed by atoms with E-state index in [1.165, 1.54) is 0 Å². The Kier molecular flexibility index (Phi) is 39.8. The molecule has 0 radical (unpaired) electrons. The van der Waals surface area contributed by atoms with Gasteiger partial charge in [-0.2, -0.15) is 0 Å². The van der Waals surface area contributed by atoms with Crippen LogP contribution in [0.5, 0.6) is 0 Å². The van der Waals surface area contributed by atoms with Crippen LogP contribution in [-0.4, -0.2) is 45.7 Å². The molecule has 0 aromatic rings. The van der Waals surface area contributed by atoms with Crippen LogP contribution in [0, 0.1) is 0 Å². The first-order chi connectivity index (χ1) is 6.00. The Balaban J connectivity index is -0.0000000206. The van der Waals surface area contributed by atoms with Crippen LogP contribution in [0.1, 0.15) is 0 Å². The van der Waals surface area contributed by atoms with Gasteiger partial charge in [0.25, 0.3) is 0 Å². The molecule has 112 valence electrons. The molecule has 0 saturated heterocycles. The fraction of sp³-hybridized carbons (Fsp3) is 0. The van der Waals surface area contributed by atoms with E-state index in [-0.39, 0.29) is 45.7 Å². The Morgan fingerprint density at radius 1 is 0.421 bits per heavy atom. The van der Waals surface area contributed by atoms with E-state index in [0.29, 0.717) is 0 Å². The van der Waals surface area contributed by atoms with E-state index in [9.17, 15) is 0 Å². The van der Waals surface area contributed by atoms with Gasteiger partial charge in [0, 0.05) is 0 Å². The molecule has 0 aromatic heterocycles. The molecule has 0 aliphatic rings. The van der Waals surface area contributed by atoms with Crippen molar-refractivity contribution >= 4 is 34.7 Å². The van der Waals surface area contributed by atoms with Crippen LogP contribution in [0.4, 0.5) is 0 Å². The standard InChI is InChI=1S/2Al.3Mo.2H2O.12O/h;;;;;2*1H2;;;;;;;;;;;;/q2*+3;;;;;;;;;;;;6*-1. The van der Waals surface area contributed by atoms with Gasteiger partial charge in [0.2, 0.25) is 0 Å². The van der Waals surface area contributed by atoms with Crippen molar-refractivity contribution in [2.45, 2.75) is 0 Å². The van der Waals surface area contributed by atoms with E-state index in [4.69, 9.17) is 42.9 Å². The second-order valence-electron chi connectivity index (χ2n) is 1.22. The molecule has 0 rings (SSSR count). The van der Waals surface area contributed by atoms with Crippen molar-refractivity contribution in [3.8, 4) is 0 Å². The molecule has 19 heteroatoms. The summed E-state index contributed by atoms with van der Waals surface area (Å²) in [6, 6.07) is 0. The van der Waals surface area contributed by atoms with Gasteiger partial charge in [0.15, 0.2) is 0 Å². The molecule has 0 bridgehead atoms. The molecule has 0 atom stereocenters. The molecule has 4 N–H and O–H groups in total. The quantitative estimate of drug-likeness (QED) is 0.245. The summed E-state index contributed by atoms with van der Waals surface area (Å²) in [5, 5.41) is 0. The predicted octanol–water partition coefficient (Wildman–Crippen LogP) is -10.3. The Hall–Kier alpha value is 1.61. The summed E-state index contributed by atoms with van der Waals surface area (Å²) in [7, 11) is 0. The third kappa shape index (κ3) is 2350. The third-order valence-corrected chi connectivity index (χ3v) is 0. The number of hydrogen-bond donors (Lipinski definition) is 0.